The molecule has 3 aromatic rings. The molecular weight excluding hydrogens is 387 g/mol. The quantitative estimate of drug-likeness (QED) is 0.725. The SMILES string of the molecule is NC(=O)C1C=CC(Oc2cc(-c3cccc(C(F)(F)F)c3)nc3ncnn23)=CC1. The standard InChI is InChI=1S/C19H14F3N5O2/c20-19(21,22)13-3-1-2-12(8-13)15-9-16(27-18(26-15)24-10-25-27)29-14-6-4-11(5-7-14)17(23)28/h1-4,6-11H,5H2,(H2,23,28). The number of carbonyl (C=O) groups excluding carboxylic acids is 1. The molecule has 1 aliphatic rings. The average Bonchev–Trinajstić information content (AvgIpc) is 3.17. The number of hydrogen-bond donors (Lipinski definition) is 1. The molecule has 0 fully saturated rings. The number of aromatic nitrogens is 4. The van der Waals surface area contributed by atoms with Gasteiger partial charge in [0.2, 0.25) is 11.8 Å². The van der Waals surface area contributed by atoms with Crippen LogP contribution in [0.2, 0.25) is 0 Å². The number of hydrogen-bond acceptors (Lipinski definition) is 5. The minimum absolute atomic E-state index is 0.172. The van der Waals surface area contributed by atoms with Crippen LogP contribution in [-0.2, 0) is 11.0 Å². The Morgan fingerprint density at radius 1 is 1.28 bits per heavy atom. The molecule has 29 heavy (non-hydrogen) atoms. The van der Waals surface area contributed by atoms with Crippen molar-refractivity contribution in [3.63, 3.8) is 0 Å². The van der Waals surface area contributed by atoms with E-state index < -0.39 is 23.6 Å². The number of rotatable bonds is 4. The maximum absolute atomic E-state index is 13.0. The van der Waals surface area contributed by atoms with E-state index in [0.717, 1.165) is 12.1 Å². The summed E-state index contributed by atoms with van der Waals surface area (Å²) in [6.45, 7) is 0. The molecular formula is C19H14F3N5O2. The van der Waals surface area contributed by atoms with Crippen molar-refractivity contribution in [2.24, 2.45) is 11.7 Å². The molecule has 0 saturated carbocycles. The third kappa shape index (κ3) is 3.82. The molecule has 1 unspecified atom stereocenters. The number of nitrogens with zero attached hydrogens (tertiary/aromatic N) is 4. The van der Waals surface area contributed by atoms with Gasteiger partial charge < -0.3 is 10.5 Å². The molecule has 4 rings (SSSR count). The number of nitrogens with two attached hydrogens (primary N) is 1. The number of halogens is 3. The van der Waals surface area contributed by atoms with Crippen molar-refractivity contribution in [2.75, 3.05) is 0 Å². The average molecular weight is 401 g/mol. The third-order valence-corrected chi connectivity index (χ3v) is 4.36. The first-order valence-electron chi connectivity index (χ1n) is 8.55. The Labute approximate surface area is 162 Å². The smallest absolute Gasteiger partial charge is 0.416 e. The van der Waals surface area contributed by atoms with Crippen molar-refractivity contribution < 1.29 is 22.7 Å². The summed E-state index contributed by atoms with van der Waals surface area (Å²) < 4.78 is 46.3. The molecule has 10 heteroatoms. The molecule has 148 valence electrons. The molecule has 7 nitrogen and oxygen atoms in total. The first kappa shape index (κ1) is 18.7. The maximum atomic E-state index is 13.0. The van der Waals surface area contributed by atoms with E-state index >= 15 is 0 Å². The highest BCUT2D eigenvalue weighted by Gasteiger charge is 2.30. The van der Waals surface area contributed by atoms with Crippen molar-refractivity contribution in [3.8, 4) is 17.1 Å². The van der Waals surface area contributed by atoms with Crippen LogP contribution in [0.15, 0.2) is 60.6 Å². The largest absolute Gasteiger partial charge is 0.439 e. The van der Waals surface area contributed by atoms with Gasteiger partial charge in [-0.15, -0.1) is 0 Å². The molecule has 0 saturated heterocycles. The van der Waals surface area contributed by atoms with E-state index in [9.17, 15) is 18.0 Å². The first-order valence-corrected chi connectivity index (χ1v) is 8.55. The van der Waals surface area contributed by atoms with Gasteiger partial charge in [0, 0.05) is 11.6 Å². The zero-order valence-corrected chi connectivity index (χ0v) is 14.8. The van der Waals surface area contributed by atoms with E-state index in [-0.39, 0.29) is 22.9 Å². The van der Waals surface area contributed by atoms with Crippen molar-refractivity contribution in [1.29, 1.82) is 0 Å². The number of primary amides is 1. The number of amides is 1. The minimum atomic E-state index is -4.47. The van der Waals surface area contributed by atoms with E-state index in [2.05, 4.69) is 15.1 Å². The summed E-state index contributed by atoms with van der Waals surface area (Å²) >= 11 is 0. The monoisotopic (exact) mass is 401 g/mol. The second-order valence-corrected chi connectivity index (χ2v) is 6.34. The van der Waals surface area contributed by atoms with Gasteiger partial charge in [-0.25, -0.2) is 4.98 Å². The molecule has 0 spiro atoms. The first-order chi connectivity index (χ1) is 13.8. The van der Waals surface area contributed by atoms with Gasteiger partial charge in [0.25, 0.3) is 5.78 Å². The van der Waals surface area contributed by atoms with Gasteiger partial charge in [-0.3, -0.25) is 4.79 Å². The third-order valence-electron chi connectivity index (χ3n) is 4.36. The Hall–Kier alpha value is -3.69. The van der Waals surface area contributed by atoms with E-state index in [1.54, 1.807) is 18.2 Å². The van der Waals surface area contributed by atoms with Gasteiger partial charge >= 0.3 is 6.18 Å². The van der Waals surface area contributed by atoms with Crippen molar-refractivity contribution in [1.82, 2.24) is 19.6 Å². The highest BCUT2D eigenvalue weighted by molar-refractivity contribution is 5.79. The van der Waals surface area contributed by atoms with Gasteiger partial charge in [0.15, 0.2) is 0 Å². The van der Waals surface area contributed by atoms with Crippen LogP contribution in [0.5, 0.6) is 5.88 Å². The number of allylic oxidation sites excluding steroid dienone is 2. The number of carbonyl (C=O) groups is 1. The van der Waals surface area contributed by atoms with Crippen LogP contribution in [-0.4, -0.2) is 25.5 Å². The van der Waals surface area contributed by atoms with Crippen LogP contribution in [0.3, 0.4) is 0 Å². The Morgan fingerprint density at radius 2 is 2.10 bits per heavy atom. The van der Waals surface area contributed by atoms with Gasteiger partial charge in [-0.2, -0.15) is 27.8 Å². The number of fused-ring (bicyclic) bond motifs is 1. The van der Waals surface area contributed by atoms with Crippen molar-refractivity contribution in [3.05, 3.63) is 66.2 Å². The normalized spacial score (nSPS) is 16.7. The zero-order chi connectivity index (χ0) is 20.6. The fraction of sp³-hybridized carbons (Fsp3) is 0.158. The Kier molecular flexibility index (Phi) is 4.53. The maximum Gasteiger partial charge on any atom is 0.416 e. The lowest BCUT2D eigenvalue weighted by molar-refractivity contribution is -0.137. The van der Waals surface area contributed by atoms with Gasteiger partial charge in [-0.1, -0.05) is 18.2 Å². The molecule has 1 atom stereocenters. The summed E-state index contributed by atoms with van der Waals surface area (Å²) in [6, 6.07) is 6.31. The summed E-state index contributed by atoms with van der Waals surface area (Å²) in [5, 5.41) is 4.03. The van der Waals surface area contributed by atoms with Gasteiger partial charge in [0.1, 0.15) is 12.1 Å². The van der Waals surface area contributed by atoms with E-state index in [1.165, 1.54) is 29.0 Å². The van der Waals surface area contributed by atoms with Crippen LogP contribution in [0.25, 0.3) is 17.0 Å². The predicted molar refractivity (Wildman–Crippen MR) is 96.4 cm³/mol. The fourth-order valence-electron chi connectivity index (χ4n) is 2.87. The number of benzene rings is 1. The second kappa shape index (κ2) is 7.04. The number of ether oxygens (including phenoxy) is 1. The minimum Gasteiger partial charge on any atom is -0.439 e. The fourth-order valence-corrected chi connectivity index (χ4v) is 2.87. The second-order valence-electron chi connectivity index (χ2n) is 6.34. The van der Waals surface area contributed by atoms with Crippen LogP contribution < -0.4 is 10.5 Å². The van der Waals surface area contributed by atoms with Crippen LogP contribution in [0, 0.1) is 5.92 Å². The molecule has 0 aliphatic heterocycles. The summed E-state index contributed by atoms with van der Waals surface area (Å²) in [6.07, 6.45) is 2.11. The van der Waals surface area contributed by atoms with E-state index in [1.807, 2.05) is 0 Å². The van der Waals surface area contributed by atoms with Gasteiger partial charge in [-0.05, 0) is 30.7 Å². The van der Waals surface area contributed by atoms with Gasteiger partial charge in [0.05, 0.1) is 17.2 Å². The summed E-state index contributed by atoms with van der Waals surface area (Å²) in [5.74, 6) is -0.0167. The molecule has 2 N–H and O–H groups in total. The topological polar surface area (TPSA) is 95.4 Å². The Balaban J connectivity index is 1.71. The Bertz CT molecular complexity index is 1150. The Morgan fingerprint density at radius 3 is 2.79 bits per heavy atom. The highest BCUT2D eigenvalue weighted by Crippen LogP contribution is 2.33. The lowest BCUT2D eigenvalue weighted by Gasteiger charge is -2.15. The lowest BCUT2D eigenvalue weighted by atomic mass is 10.00. The van der Waals surface area contributed by atoms with Crippen LogP contribution >= 0.6 is 0 Å². The summed E-state index contributed by atoms with van der Waals surface area (Å²) in [7, 11) is 0. The lowest BCUT2D eigenvalue weighted by Crippen LogP contribution is -2.22. The number of alkyl halides is 3. The van der Waals surface area contributed by atoms with Crippen LogP contribution in [0.4, 0.5) is 13.2 Å². The summed E-state index contributed by atoms with van der Waals surface area (Å²) in [4.78, 5) is 19.5. The van der Waals surface area contributed by atoms with E-state index in [4.69, 9.17) is 10.5 Å². The molecule has 1 aromatic carbocycles. The van der Waals surface area contributed by atoms with Crippen molar-refractivity contribution >= 4 is 11.7 Å². The molecule has 2 aromatic heterocycles. The van der Waals surface area contributed by atoms with Crippen molar-refractivity contribution in [2.45, 2.75) is 12.6 Å². The molecule has 0 radical (unpaired) electrons. The molecule has 0 bridgehead atoms. The zero-order valence-electron chi connectivity index (χ0n) is 14.8. The predicted octanol–water partition coefficient (Wildman–Crippen LogP) is 3.13. The molecule has 2 heterocycles. The molecule has 1 amide bonds. The van der Waals surface area contributed by atoms with E-state index in [0.29, 0.717) is 12.2 Å². The summed E-state index contributed by atoms with van der Waals surface area (Å²) in [5.41, 5.74) is 5.01. The van der Waals surface area contributed by atoms with Crippen LogP contribution in [0.1, 0.15) is 12.0 Å². The highest BCUT2D eigenvalue weighted by atomic mass is 19.4. The molecule has 1 aliphatic carbocycles.